The summed E-state index contributed by atoms with van der Waals surface area (Å²) >= 11 is 0. The van der Waals surface area contributed by atoms with Gasteiger partial charge in [0.05, 0.1) is 11.0 Å². The number of para-hydroxylation sites is 1. The minimum absolute atomic E-state index is 0. The Morgan fingerprint density at radius 1 is 0.294 bits per heavy atom. The number of aromatic nitrogens is 1. The molecule has 0 aliphatic rings. The quantitative estimate of drug-likeness (QED) is 0.166. The van der Waals surface area contributed by atoms with Gasteiger partial charge in [-0.1, -0.05) is 159 Å². The number of anilines is 3. The summed E-state index contributed by atoms with van der Waals surface area (Å²) in [6.07, 6.45) is 0. The number of hydrogen-bond donors (Lipinski definition) is 0. The smallest absolute Gasteiger partial charge is 0.0561 e. The van der Waals surface area contributed by atoms with Crippen molar-refractivity contribution in [3.63, 3.8) is 0 Å². The van der Waals surface area contributed by atoms with Crippen LogP contribution in [0.4, 0.5) is 17.1 Å². The van der Waals surface area contributed by atoms with E-state index in [0.29, 0.717) is 0 Å². The van der Waals surface area contributed by atoms with Gasteiger partial charge in [-0.2, -0.15) is 0 Å². The zero-order valence-electron chi connectivity index (χ0n) is 27.5. The monoisotopic (exact) mass is 654 g/mol. The molecule has 0 aliphatic heterocycles. The fourth-order valence-electron chi connectivity index (χ4n) is 7.12. The van der Waals surface area contributed by atoms with Crippen LogP contribution in [0.5, 0.6) is 0 Å². The Labute approximate surface area is 300 Å². The van der Waals surface area contributed by atoms with Crippen LogP contribution in [-0.2, 0) is 0 Å². The van der Waals surface area contributed by atoms with Gasteiger partial charge in [0.15, 0.2) is 0 Å². The van der Waals surface area contributed by atoms with E-state index in [9.17, 15) is 0 Å². The number of hydrogen-bond acceptors (Lipinski definition) is 1. The van der Waals surface area contributed by atoms with E-state index in [4.69, 9.17) is 0 Å². The Balaban J connectivity index is 0.00000374. The van der Waals surface area contributed by atoms with Crippen LogP contribution in [0.25, 0.3) is 60.9 Å². The van der Waals surface area contributed by atoms with Crippen molar-refractivity contribution >= 4 is 38.9 Å². The average molecular weight is 655 g/mol. The van der Waals surface area contributed by atoms with Crippen molar-refractivity contribution in [3.8, 4) is 39.1 Å². The van der Waals surface area contributed by atoms with E-state index < -0.39 is 0 Å². The highest BCUT2D eigenvalue weighted by atomic mass is 15.1. The highest BCUT2D eigenvalue weighted by Crippen LogP contribution is 2.41. The largest absolute Gasteiger partial charge is 0.310 e. The van der Waals surface area contributed by atoms with Gasteiger partial charge in [-0.25, -0.2) is 0 Å². The topological polar surface area (TPSA) is 8.17 Å². The third-order valence-electron chi connectivity index (χ3n) is 9.61. The molecule has 0 saturated carbocycles. The molecule has 9 aromatic rings. The lowest BCUT2D eigenvalue weighted by atomic mass is 10.0. The summed E-state index contributed by atoms with van der Waals surface area (Å²) < 4.78 is 2.40. The fourth-order valence-corrected chi connectivity index (χ4v) is 7.12. The Morgan fingerprint density at radius 2 is 0.667 bits per heavy atom. The fraction of sp³-hybridized carbons (Fsp3) is 0.0204. The molecule has 0 bridgehead atoms. The lowest BCUT2D eigenvalue weighted by Gasteiger charge is -2.26. The number of benzene rings is 8. The van der Waals surface area contributed by atoms with Crippen LogP contribution < -0.4 is 4.90 Å². The highest BCUT2D eigenvalue weighted by molar-refractivity contribution is 6.10. The van der Waals surface area contributed by atoms with Crippen molar-refractivity contribution in [1.82, 2.24) is 4.57 Å². The van der Waals surface area contributed by atoms with Crippen LogP contribution in [-0.4, -0.2) is 4.57 Å². The molecule has 9 rings (SSSR count). The van der Waals surface area contributed by atoms with Crippen molar-refractivity contribution in [2.24, 2.45) is 0 Å². The van der Waals surface area contributed by atoms with Crippen LogP contribution in [0.1, 0.15) is 7.43 Å². The Hall–Kier alpha value is -6.64. The molecular weight excluding hydrogens is 617 g/mol. The molecular formula is C49H38N2. The van der Waals surface area contributed by atoms with Crippen molar-refractivity contribution in [1.29, 1.82) is 0 Å². The van der Waals surface area contributed by atoms with Crippen molar-refractivity contribution in [2.75, 3.05) is 4.90 Å². The summed E-state index contributed by atoms with van der Waals surface area (Å²) in [4.78, 5) is 2.36. The molecule has 0 amide bonds. The molecule has 1 heterocycles. The first-order valence-electron chi connectivity index (χ1n) is 17.1. The maximum atomic E-state index is 2.40. The molecule has 0 saturated heterocycles. The van der Waals surface area contributed by atoms with E-state index >= 15 is 0 Å². The molecule has 2 heteroatoms. The molecule has 2 nitrogen and oxygen atoms in total. The molecule has 0 fully saturated rings. The van der Waals surface area contributed by atoms with Gasteiger partial charge in [0.2, 0.25) is 0 Å². The third kappa shape index (κ3) is 5.98. The van der Waals surface area contributed by atoms with Gasteiger partial charge in [-0.3, -0.25) is 0 Å². The standard InChI is InChI=1S/C48H34N2.CH4/c1-4-12-35(13-5-1)38-20-26-41(27-21-38)49(42-28-22-39(23-29-42)36-14-6-2-7-15-36)44-32-33-46-45-18-10-11-19-47(45)50(48(46)34-44)43-30-24-40(25-31-43)37-16-8-3-9-17-37;/h1-34H;1H4. The lowest BCUT2D eigenvalue weighted by Crippen LogP contribution is -2.10. The summed E-state index contributed by atoms with van der Waals surface area (Å²) in [6, 6.07) is 74.0. The van der Waals surface area contributed by atoms with Crippen LogP contribution in [0.3, 0.4) is 0 Å². The second kappa shape index (κ2) is 13.7. The summed E-state index contributed by atoms with van der Waals surface area (Å²) in [5.41, 5.74) is 14.0. The Morgan fingerprint density at radius 3 is 1.16 bits per heavy atom. The third-order valence-corrected chi connectivity index (χ3v) is 9.61. The number of fused-ring (bicyclic) bond motifs is 3. The van der Waals surface area contributed by atoms with E-state index in [-0.39, 0.29) is 7.43 Å². The van der Waals surface area contributed by atoms with E-state index in [0.717, 1.165) is 22.7 Å². The average Bonchev–Trinajstić information content (AvgIpc) is 3.53. The molecule has 0 spiro atoms. The maximum Gasteiger partial charge on any atom is 0.0561 e. The van der Waals surface area contributed by atoms with Crippen LogP contribution in [0.15, 0.2) is 206 Å². The molecule has 0 atom stereocenters. The normalized spacial score (nSPS) is 11.0. The first-order chi connectivity index (χ1) is 24.8. The number of rotatable bonds is 7. The summed E-state index contributed by atoms with van der Waals surface area (Å²) in [5, 5.41) is 2.47. The summed E-state index contributed by atoms with van der Waals surface area (Å²) in [5.74, 6) is 0. The van der Waals surface area contributed by atoms with Crippen molar-refractivity contribution in [2.45, 2.75) is 7.43 Å². The van der Waals surface area contributed by atoms with E-state index in [1.54, 1.807) is 0 Å². The van der Waals surface area contributed by atoms with Gasteiger partial charge in [-0.05, 0) is 88.0 Å². The molecule has 8 aromatic carbocycles. The van der Waals surface area contributed by atoms with Crippen molar-refractivity contribution in [3.05, 3.63) is 206 Å². The molecule has 0 radical (unpaired) electrons. The van der Waals surface area contributed by atoms with Crippen LogP contribution >= 0.6 is 0 Å². The Bertz CT molecular complexity index is 2450. The molecule has 1 aromatic heterocycles. The van der Waals surface area contributed by atoms with Gasteiger partial charge in [0.1, 0.15) is 0 Å². The molecule has 0 N–H and O–H groups in total. The zero-order valence-corrected chi connectivity index (χ0v) is 27.5. The van der Waals surface area contributed by atoms with Crippen LogP contribution in [0, 0.1) is 0 Å². The molecule has 0 unspecified atom stereocenters. The summed E-state index contributed by atoms with van der Waals surface area (Å²) in [7, 11) is 0. The molecule has 51 heavy (non-hydrogen) atoms. The highest BCUT2D eigenvalue weighted by Gasteiger charge is 2.18. The first-order valence-corrected chi connectivity index (χ1v) is 17.1. The SMILES string of the molecule is C.c1ccc(-c2ccc(N(c3ccc(-c4ccccc4)cc3)c3ccc4c5ccccc5n(-c5ccc(-c6ccccc6)cc5)c4c3)cc2)cc1. The maximum absolute atomic E-state index is 2.40. The lowest BCUT2D eigenvalue weighted by molar-refractivity contribution is 1.18. The predicted octanol–water partition coefficient (Wildman–Crippen LogP) is 13.9. The first kappa shape index (κ1) is 31.6. The zero-order chi connectivity index (χ0) is 33.3. The second-order valence-electron chi connectivity index (χ2n) is 12.6. The predicted molar refractivity (Wildman–Crippen MR) is 219 cm³/mol. The minimum atomic E-state index is 0. The second-order valence-corrected chi connectivity index (χ2v) is 12.6. The van der Waals surface area contributed by atoms with Gasteiger partial charge >= 0.3 is 0 Å². The number of nitrogens with zero attached hydrogens (tertiary/aromatic N) is 2. The van der Waals surface area contributed by atoms with Gasteiger partial charge < -0.3 is 9.47 Å². The molecule has 244 valence electrons. The van der Waals surface area contributed by atoms with Crippen LogP contribution in [0.2, 0.25) is 0 Å². The van der Waals surface area contributed by atoms with E-state index in [1.165, 1.54) is 55.2 Å². The summed E-state index contributed by atoms with van der Waals surface area (Å²) in [6.45, 7) is 0. The van der Waals surface area contributed by atoms with Crippen molar-refractivity contribution < 1.29 is 0 Å². The van der Waals surface area contributed by atoms with E-state index in [1.807, 2.05) is 0 Å². The van der Waals surface area contributed by atoms with Gasteiger partial charge in [0.25, 0.3) is 0 Å². The minimum Gasteiger partial charge on any atom is -0.310 e. The van der Waals surface area contributed by atoms with Gasteiger partial charge in [-0.15, -0.1) is 0 Å². The molecule has 0 aliphatic carbocycles. The Kier molecular flexibility index (Phi) is 8.49. The van der Waals surface area contributed by atoms with E-state index in [2.05, 4.69) is 216 Å². The van der Waals surface area contributed by atoms with Gasteiger partial charge in [0, 0.05) is 33.5 Å².